The summed E-state index contributed by atoms with van der Waals surface area (Å²) in [5, 5.41) is 22.1. The molecule has 1 fully saturated rings. The van der Waals surface area contributed by atoms with Crippen LogP contribution in [-0.4, -0.2) is 45.7 Å². The first-order valence-electron chi connectivity index (χ1n) is 10.6. The van der Waals surface area contributed by atoms with Crippen LogP contribution in [0.2, 0.25) is 0 Å². The highest BCUT2D eigenvalue weighted by Gasteiger charge is 2.29. The lowest BCUT2D eigenvalue weighted by atomic mass is 10.0. The van der Waals surface area contributed by atoms with Crippen LogP contribution in [0.3, 0.4) is 0 Å². The number of nitrogens with zero attached hydrogens (tertiary/aromatic N) is 3. The standard InChI is InChI=1S/C24H27FN4O2/c1-15-12-17(10-11-27-15)16-6-7-19(22(30)13-16)21-8-9-24(29-28-21)31-23-14-18(26-2)4-3-5-20(23)25/h6-13,18,20,23,26,30H,3-5,14H2,1-2H3/t18?,20?,23-/m0/s1. The SMILES string of the molecule is CNC1CCCC(F)[C@@H](Oc2ccc(-c3ccc(-c4ccnc(C)c4)cc3O)nn2)C1. The van der Waals surface area contributed by atoms with E-state index in [0.29, 0.717) is 24.1 Å². The first kappa shape index (κ1) is 21.2. The molecular weight excluding hydrogens is 395 g/mol. The highest BCUT2D eigenvalue weighted by Crippen LogP contribution is 2.33. The van der Waals surface area contributed by atoms with Gasteiger partial charge in [-0.3, -0.25) is 4.98 Å². The fourth-order valence-electron chi connectivity index (χ4n) is 4.01. The number of hydrogen-bond donors (Lipinski definition) is 2. The highest BCUT2D eigenvalue weighted by atomic mass is 19.1. The number of aromatic hydroxyl groups is 1. The molecule has 0 aliphatic heterocycles. The second kappa shape index (κ2) is 9.39. The van der Waals surface area contributed by atoms with Crippen molar-refractivity contribution in [3.63, 3.8) is 0 Å². The van der Waals surface area contributed by atoms with Crippen molar-refractivity contribution in [2.24, 2.45) is 0 Å². The number of benzene rings is 1. The molecule has 3 atom stereocenters. The highest BCUT2D eigenvalue weighted by molar-refractivity contribution is 5.74. The van der Waals surface area contributed by atoms with Gasteiger partial charge in [0.15, 0.2) is 0 Å². The van der Waals surface area contributed by atoms with Gasteiger partial charge >= 0.3 is 0 Å². The fraction of sp³-hybridized carbons (Fsp3) is 0.375. The Kier molecular flexibility index (Phi) is 6.42. The third-order valence-corrected chi connectivity index (χ3v) is 5.78. The van der Waals surface area contributed by atoms with Gasteiger partial charge in [0.2, 0.25) is 5.88 Å². The zero-order valence-corrected chi connectivity index (χ0v) is 17.8. The number of aromatic nitrogens is 3. The molecule has 0 amide bonds. The number of aryl methyl sites for hydroxylation is 1. The lowest BCUT2D eigenvalue weighted by Crippen LogP contribution is -2.35. The van der Waals surface area contributed by atoms with E-state index in [0.717, 1.165) is 29.7 Å². The van der Waals surface area contributed by atoms with Gasteiger partial charge in [-0.05, 0) is 74.7 Å². The Morgan fingerprint density at radius 1 is 1.06 bits per heavy atom. The number of pyridine rings is 1. The Labute approximate surface area is 181 Å². The largest absolute Gasteiger partial charge is 0.507 e. The Balaban J connectivity index is 1.50. The van der Waals surface area contributed by atoms with Crippen LogP contribution in [0.25, 0.3) is 22.4 Å². The van der Waals surface area contributed by atoms with Gasteiger partial charge < -0.3 is 15.2 Å². The first-order valence-corrected chi connectivity index (χ1v) is 10.6. The van der Waals surface area contributed by atoms with Gasteiger partial charge in [0, 0.05) is 36.0 Å². The van der Waals surface area contributed by atoms with Gasteiger partial charge in [-0.15, -0.1) is 10.2 Å². The Hall–Kier alpha value is -3.06. The molecule has 3 aromatic rings. The summed E-state index contributed by atoms with van der Waals surface area (Å²) in [6.07, 6.45) is 3.05. The Morgan fingerprint density at radius 3 is 2.61 bits per heavy atom. The number of alkyl halides is 1. The van der Waals surface area contributed by atoms with Gasteiger partial charge in [0.25, 0.3) is 0 Å². The van der Waals surface area contributed by atoms with Gasteiger partial charge in [0.05, 0.1) is 5.69 Å². The minimum Gasteiger partial charge on any atom is -0.507 e. The number of phenolic OH excluding ortho intramolecular Hbond substituents is 1. The third kappa shape index (κ3) is 4.99. The van der Waals surface area contributed by atoms with E-state index < -0.39 is 12.3 Å². The van der Waals surface area contributed by atoms with Crippen molar-refractivity contribution in [2.75, 3.05) is 7.05 Å². The molecule has 2 unspecified atom stereocenters. The second-order valence-electron chi connectivity index (χ2n) is 8.00. The van der Waals surface area contributed by atoms with Crippen molar-refractivity contribution >= 4 is 0 Å². The van der Waals surface area contributed by atoms with Crippen LogP contribution in [0.4, 0.5) is 4.39 Å². The monoisotopic (exact) mass is 422 g/mol. The van der Waals surface area contributed by atoms with Crippen molar-refractivity contribution in [1.29, 1.82) is 0 Å². The molecule has 0 spiro atoms. The van der Waals surface area contributed by atoms with Crippen molar-refractivity contribution in [2.45, 2.75) is 50.9 Å². The molecular formula is C24H27FN4O2. The molecule has 0 bridgehead atoms. The van der Waals surface area contributed by atoms with E-state index in [2.05, 4.69) is 20.5 Å². The molecule has 4 rings (SSSR count). The number of ether oxygens (including phenoxy) is 1. The van der Waals surface area contributed by atoms with Crippen LogP contribution in [0, 0.1) is 6.92 Å². The fourth-order valence-corrected chi connectivity index (χ4v) is 4.01. The molecule has 162 valence electrons. The van der Waals surface area contributed by atoms with Crippen LogP contribution in [0.5, 0.6) is 11.6 Å². The van der Waals surface area contributed by atoms with Crippen LogP contribution in [0.1, 0.15) is 31.4 Å². The lowest BCUT2D eigenvalue weighted by molar-refractivity contribution is 0.0837. The number of rotatable bonds is 5. The molecule has 2 aromatic heterocycles. The number of halogens is 1. The minimum absolute atomic E-state index is 0.111. The quantitative estimate of drug-likeness (QED) is 0.591. The number of nitrogens with one attached hydrogen (secondary N) is 1. The summed E-state index contributed by atoms with van der Waals surface area (Å²) in [5.74, 6) is 0.399. The van der Waals surface area contributed by atoms with E-state index in [1.807, 2.05) is 38.2 Å². The van der Waals surface area contributed by atoms with E-state index >= 15 is 0 Å². The molecule has 1 aliphatic rings. The summed E-state index contributed by atoms with van der Waals surface area (Å²) in [4.78, 5) is 4.20. The molecule has 7 heteroatoms. The summed E-state index contributed by atoms with van der Waals surface area (Å²) in [6.45, 7) is 1.93. The Morgan fingerprint density at radius 2 is 1.90 bits per heavy atom. The molecule has 31 heavy (non-hydrogen) atoms. The molecule has 1 aliphatic carbocycles. The zero-order chi connectivity index (χ0) is 21.8. The number of phenols is 1. The maximum atomic E-state index is 14.5. The van der Waals surface area contributed by atoms with E-state index in [1.165, 1.54) is 0 Å². The topological polar surface area (TPSA) is 80.2 Å². The average molecular weight is 423 g/mol. The van der Waals surface area contributed by atoms with Gasteiger partial charge in [0.1, 0.15) is 18.0 Å². The summed E-state index contributed by atoms with van der Waals surface area (Å²) >= 11 is 0. The van der Waals surface area contributed by atoms with Crippen LogP contribution in [-0.2, 0) is 0 Å². The van der Waals surface area contributed by atoms with E-state index in [-0.39, 0.29) is 17.7 Å². The van der Waals surface area contributed by atoms with Gasteiger partial charge in [-0.1, -0.05) is 6.07 Å². The number of hydrogen-bond acceptors (Lipinski definition) is 6. The molecule has 0 radical (unpaired) electrons. The molecule has 2 heterocycles. The third-order valence-electron chi connectivity index (χ3n) is 5.78. The molecule has 2 N–H and O–H groups in total. The van der Waals surface area contributed by atoms with Crippen LogP contribution < -0.4 is 10.1 Å². The first-order chi connectivity index (χ1) is 15.0. The maximum absolute atomic E-state index is 14.5. The van der Waals surface area contributed by atoms with E-state index in [1.54, 1.807) is 24.4 Å². The summed E-state index contributed by atoms with van der Waals surface area (Å²) < 4.78 is 20.3. The molecule has 1 aromatic carbocycles. The molecule has 0 saturated heterocycles. The normalized spacial score (nSPS) is 21.5. The molecule has 1 saturated carbocycles. The predicted molar refractivity (Wildman–Crippen MR) is 118 cm³/mol. The lowest BCUT2D eigenvalue weighted by Gasteiger charge is -2.22. The summed E-state index contributed by atoms with van der Waals surface area (Å²) in [5.41, 5.74) is 3.87. The van der Waals surface area contributed by atoms with Gasteiger partial charge in [-0.2, -0.15) is 0 Å². The van der Waals surface area contributed by atoms with Gasteiger partial charge in [-0.25, -0.2) is 4.39 Å². The van der Waals surface area contributed by atoms with E-state index in [4.69, 9.17) is 4.74 Å². The van der Waals surface area contributed by atoms with Crippen molar-refractivity contribution in [3.8, 4) is 34.0 Å². The minimum atomic E-state index is -1.02. The summed E-state index contributed by atoms with van der Waals surface area (Å²) in [7, 11) is 1.89. The van der Waals surface area contributed by atoms with E-state index in [9.17, 15) is 9.50 Å². The van der Waals surface area contributed by atoms with Crippen molar-refractivity contribution < 1.29 is 14.2 Å². The Bertz CT molecular complexity index is 1030. The van der Waals surface area contributed by atoms with Crippen LogP contribution in [0.15, 0.2) is 48.7 Å². The predicted octanol–water partition coefficient (Wildman–Crippen LogP) is 4.47. The second-order valence-corrected chi connectivity index (χ2v) is 8.00. The maximum Gasteiger partial charge on any atom is 0.233 e. The van der Waals surface area contributed by atoms with Crippen molar-refractivity contribution in [1.82, 2.24) is 20.5 Å². The van der Waals surface area contributed by atoms with Crippen LogP contribution >= 0.6 is 0 Å². The van der Waals surface area contributed by atoms with Crippen molar-refractivity contribution in [3.05, 3.63) is 54.4 Å². The average Bonchev–Trinajstić information content (AvgIpc) is 2.95. The summed E-state index contributed by atoms with van der Waals surface area (Å²) in [6, 6.07) is 12.9. The smallest absolute Gasteiger partial charge is 0.233 e. The molecule has 6 nitrogen and oxygen atoms in total. The zero-order valence-electron chi connectivity index (χ0n) is 17.8.